The fourth-order valence-corrected chi connectivity index (χ4v) is 2.78. The summed E-state index contributed by atoms with van der Waals surface area (Å²) in [4.78, 5) is 40.1. The summed E-state index contributed by atoms with van der Waals surface area (Å²) < 4.78 is 15.1. The minimum absolute atomic E-state index is 0.00489. The molecule has 1 N–H and O–H groups in total. The van der Waals surface area contributed by atoms with Crippen molar-refractivity contribution in [3.8, 4) is 0 Å². The van der Waals surface area contributed by atoms with Crippen LogP contribution in [0, 0.1) is 6.92 Å². The van der Waals surface area contributed by atoms with Gasteiger partial charge >= 0.3 is 11.9 Å². The highest BCUT2D eigenvalue weighted by molar-refractivity contribution is 6.05. The van der Waals surface area contributed by atoms with Crippen molar-refractivity contribution in [2.45, 2.75) is 6.92 Å². The number of amides is 1. The molecule has 0 unspecified atom stereocenters. The van der Waals surface area contributed by atoms with Crippen molar-refractivity contribution in [2.24, 2.45) is 0 Å². The van der Waals surface area contributed by atoms with Gasteiger partial charge in [0, 0.05) is 0 Å². The number of hydrogen-bond acceptors (Lipinski definition) is 8. The van der Waals surface area contributed by atoms with Crippen LogP contribution in [-0.2, 0) is 28.6 Å². The van der Waals surface area contributed by atoms with Gasteiger partial charge in [0.1, 0.15) is 12.4 Å². The fraction of sp³-hybridized carbons (Fsp3) is 0.421. The normalized spacial score (nSPS) is 14.1. The second kappa shape index (κ2) is 9.34. The van der Waals surface area contributed by atoms with Crippen LogP contribution in [0.4, 0.5) is 11.4 Å². The van der Waals surface area contributed by atoms with Gasteiger partial charge in [0.15, 0.2) is 0 Å². The van der Waals surface area contributed by atoms with E-state index < -0.39 is 11.9 Å². The van der Waals surface area contributed by atoms with Crippen LogP contribution in [0.3, 0.4) is 0 Å². The Labute approximate surface area is 163 Å². The lowest BCUT2D eigenvalue weighted by Gasteiger charge is -2.32. The van der Waals surface area contributed by atoms with E-state index in [0.29, 0.717) is 11.4 Å². The fourth-order valence-electron chi connectivity index (χ4n) is 2.78. The van der Waals surface area contributed by atoms with Gasteiger partial charge in [-0.15, -0.1) is 0 Å². The van der Waals surface area contributed by atoms with Crippen LogP contribution < -0.4 is 10.2 Å². The molecular weight excluding hydrogens is 366 g/mol. The number of carbonyl (C=O) groups excluding carboxylic acids is 3. The van der Waals surface area contributed by atoms with Crippen molar-refractivity contribution in [1.29, 1.82) is 0 Å². The Hall–Kier alpha value is -2.91. The quantitative estimate of drug-likeness (QED) is 0.714. The Bertz CT molecular complexity index is 803. The van der Waals surface area contributed by atoms with Crippen LogP contribution in [0.1, 0.15) is 5.56 Å². The van der Waals surface area contributed by atoms with Gasteiger partial charge in [0.25, 0.3) is 0 Å². The molecule has 9 nitrogen and oxygen atoms in total. The number of carbonyl (C=O) groups is 3. The topological polar surface area (TPSA) is 97.4 Å². The number of aryl methyl sites for hydroxylation is 1. The largest absolute Gasteiger partial charge is 0.466 e. The molecular formula is C19H25N3O6. The Morgan fingerprint density at radius 2 is 1.86 bits per heavy atom. The smallest absolute Gasteiger partial charge is 0.355 e. The lowest BCUT2D eigenvalue weighted by atomic mass is 10.1. The summed E-state index contributed by atoms with van der Waals surface area (Å²) >= 11 is 0. The van der Waals surface area contributed by atoms with Gasteiger partial charge < -0.3 is 29.3 Å². The van der Waals surface area contributed by atoms with Crippen molar-refractivity contribution in [2.75, 3.05) is 58.4 Å². The van der Waals surface area contributed by atoms with E-state index in [1.807, 2.05) is 13.0 Å². The van der Waals surface area contributed by atoms with Gasteiger partial charge in [-0.3, -0.25) is 4.79 Å². The average molecular weight is 391 g/mol. The number of likely N-dealkylation sites (N-methyl/N-ethyl adjacent to an activating group) is 1. The lowest BCUT2D eigenvalue weighted by molar-refractivity contribution is -0.140. The number of anilines is 2. The monoisotopic (exact) mass is 391 g/mol. The highest BCUT2D eigenvalue weighted by Gasteiger charge is 2.33. The van der Waals surface area contributed by atoms with Crippen LogP contribution in [0.2, 0.25) is 0 Å². The van der Waals surface area contributed by atoms with Crippen molar-refractivity contribution in [3.05, 3.63) is 35.0 Å². The zero-order chi connectivity index (χ0) is 20.8. The molecule has 1 aliphatic heterocycles. The molecule has 0 fully saturated rings. The Balaban J connectivity index is 2.54. The molecule has 0 spiro atoms. The predicted octanol–water partition coefficient (Wildman–Crippen LogP) is 0.889. The van der Waals surface area contributed by atoms with E-state index in [0.717, 1.165) is 5.56 Å². The summed E-state index contributed by atoms with van der Waals surface area (Å²) in [5.74, 6) is -1.60. The molecule has 0 radical (unpaired) electrons. The van der Waals surface area contributed by atoms with E-state index in [1.54, 1.807) is 31.1 Å². The maximum absolute atomic E-state index is 12.5. The third-order valence-electron chi connectivity index (χ3n) is 4.01. The Morgan fingerprint density at radius 1 is 1.18 bits per heavy atom. The summed E-state index contributed by atoms with van der Waals surface area (Å²) in [5.41, 5.74) is 1.96. The molecule has 0 saturated heterocycles. The molecule has 0 bridgehead atoms. The van der Waals surface area contributed by atoms with E-state index in [1.165, 1.54) is 19.1 Å². The maximum atomic E-state index is 12.5. The molecule has 0 aromatic heterocycles. The minimum atomic E-state index is -0.698. The molecule has 152 valence electrons. The van der Waals surface area contributed by atoms with E-state index in [-0.39, 0.29) is 37.1 Å². The van der Waals surface area contributed by atoms with Crippen molar-refractivity contribution in [1.82, 2.24) is 4.90 Å². The first kappa shape index (κ1) is 21.4. The second-order valence-corrected chi connectivity index (χ2v) is 6.52. The third-order valence-corrected chi connectivity index (χ3v) is 4.01. The first-order chi connectivity index (χ1) is 13.3. The SMILES string of the molecule is COC(=O)C1=C(C(=O)OC)N(c2cc(C)ccc2NC(=O)CN(C)C)COC1. The number of methoxy groups -OCH3 is 2. The van der Waals surface area contributed by atoms with Crippen LogP contribution in [0.25, 0.3) is 0 Å². The minimum Gasteiger partial charge on any atom is -0.466 e. The lowest BCUT2D eigenvalue weighted by Crippen LogP contribution is -2.39. The van der Waals surface area contributed by atoms with Gasteiger partial charge in [0.2, 0.25) is 5.91 Å². The highest BCUT2D eigenvalue weighted by Crippen LogP contribution is 2.33. The summed E-state index contributed by atoms with van der Waals surface area (Å²) in [7, 11) is 6.03. The third kappa shape index (κ3) is 4.87. The first-order valence-electron chi connectivity index (χ1n) is 8.58. The number of nitrogens with zero attached hydrogens (tertiary/aromatic N) is 2. The van der Waals surface area contributed by atoms with E-state index in [4.69, 9.17) is 14.2 Å². The molecule has 0 aliphatic carbocycles. The van der Waals surface area contributed by atoms with Crippen LogP contribution in [-0.4, -0.2) is 70.9 Å². The van der Waals surface area contributed by atoms with Gasteiger partial charge in [0.05, 0.1) is 44.3 Å². The van der Waals surface area contributed by atoms with Crippen molar-refractivity contribution in [3.63, 3.8) is 0 Å². The van der Waals surface area contributed by atoms with Crippen molar-refractivity contribution >= 4 is 29.2 Å². The van der Waals surface area contributed by atoms with Gasteiger partial charge in [-0.05, 0) is 38.7 Å². The number of nitrogens with one attached hydrogen (secondary N) is 1. The Morgan fingerprint density at radius 3 is 2.46 bits per heavy atom. The first-order valence-corrected chi connectivity index (χ1v) is 8.58. The summed E-state index contributed by atoms with van der Waals surface area (Å²) in [6, 6.07) is 5.36. The highest BCUT2D eigenvalue weighted by atomic mass is 16.5. The van der Waals surface area contributed by atoms with Gasteiger partial charge in [-0.2, -0.15) is 0 Å². The summed E-state index contributed by atoms with van der Waals surface area (Å²) in [6.07, 6.45) is 0. The zero-order valence-corrected chi connectivity index (χ0v) is 16.7. The molecule has 1 heterocycles. The molecule has 0 atom stereocenters. The molecule has 28 heavy (non-hydrogen) atoms. The average Bonchev–Trinajstić information content (AvgIpc) is 2.66. The van der Waals surface area contributed by atoms with Gasteiger partial charge in [-0.1, -0.05) is 6.07 Å². The number of rotatable bonds is 6. The van der Waals surface area contributed by atoms with E-state index >= 15 is 0 Å². The molecule has 1 aromatic carbocycles. The molecule has 2 rings (SSSR count). The number of esters is 2. The van der Waals surface area contributed by atoms with Crippen LogP contribution in [0.5, 0.6) is 0 Å². The summed E-state index contributed by atoms with van der Waals surface area (Å²) in [5, 5.41) is 2.83. The molecule has 0 saturated carbocycles. The molecule has 1 aliphatic rings. The molecule has 9 heteroatoms. The van der Waals surface area contributed by atoms with E-state index in [2.05, 4.69) is 5.32 Å². The Kier molecular flexibility index (Phi) is 7.13. The maximum Gasteiger partial charge on any atom is 0.355 e. The number of hydrogen-bond donors (Lipinski definition) is 1. The zero-order valence-electron chi connectivity index (χ0n) is 16.7. The van der Waals surface area contributed by atoms with Crippen LogP contribution in [0.15, 0.2) is 29.5 Å². The van der Waals surface area contributed by atoms with Crippen molar-refractivity contribution < 1.29 is 28.6 Å². The molecule has 1 amide bonds. The summed E-state index contributed by atoms with van der Waals surface area (Å²) in [6.45, 7) is 1.99. The van der Waals surface area contributed by atoms with Gasteiger partial charge in [-0.25, -0.2) is 9.59 Å². The van der Waals surface area contributed by atoms with E-state index in [9.17, 15) is 14.4 Å². The molecule has 1 aromatic rings. The number of ether oxygens (including phenoxy) is 3. The predicted molar refractivity (Wildman–Crippen MR) is 103 cm³/mol. The number of benzene rings is 1. The standard InChI is InChI=1S/C19H25N3O6/c1-12-6-7-14(20-16(23)9-21(2)3)15(8-12)22-11-28-10-13(18(24)26-4)17(22)19(25)27-5/h6-8H,9-11H2,1-5H3,(H,20,23). The van der Waals surface area contributed by atoms with Crippen LogP contribution >= 0.6 is 0 Å². The second-order valence-electron chi connectivity index (χ2n) is 6.52.